The molecule has 0 radical (unpaired) electrons. The molecule has 0 aliphatic heterocycles. The summed E-state index contributed by atoms with van der Waals surface area (Å²) in [4.78, 5) is 0.227. The quantitative estimate of drug-likeness (QED) is 0.602. The second kappa shape index (κ2) is 5.12. The molecule has 0 aliphatic rings. The van der Waals surface area contributed by atoms with Crippen molar-refractivity contribution >= 4 is 18.2 Å². The minimum atomic E-state index is -3.56. The number of benzene rings is 1. The predicted molar refractivity (Wildman–Crippen MR) is 67.7 cm³/mol. The average Bonchev–Trinajstić information content (AvgIpc) is 2.17. The molecule has 0 spiro atoms. The van der Waals surface area contributed by atoms with Gasteiger partial charge in [-0.05, 0) is 18.2 Å². The molecule has 0 amide bonds. The van der Waals surface area contributed by atoms with E-state index in [9.17, 15) is 8.42 Å². The summed E-state index contributed by atoms with van der Waals surface area (Å²) in [6.07, 6.45) is 0. The SMILES string of the molecule is C[Si](C)(C)CCOS(=O)(=O)c1ccccc1. The molecule has 1 aromatic carbocycles. The highest BCUT2D eigenvalue weighted by atomic mass is 32.2. The van der Waals surface area contributed by atoms with E-state index in [1.165, 1.54) is 0 Å². The first-order valence-corrected chi connectivity index (χ1v) is 10.4. The lowest BCUT2D eigenvalue weighted by atomic mass is 10.4. The Balaban J connectivity index is 2.61. The van der Waals surface area contributed by atoms with Gasteiger partial charge in [0.05, 0.1) is 11.5 Å². The maximum Gasteiger partial charge on any atom is 0.296 e. The maximum atomic E-state index is 11.7. The van der Waals surface area contributed by atoms with Gasteiger partial charge in [0, 0.05) is 8.07 Å². The van der Waals surface area contributed by atoms with Crippen molar-refractivity contribution in [2.24, 2.45) is 0 Å². The van der Waals surface area contributed by atoms with Crippen molar-refractivity contribution in [2.45, 2.75) is 30.6 Å². The number of rotatable bonds is 5. The molecule has 0 atom stereocenters. The van der Waals surface area contributed by atoms with Gasteiger partial charge < -0.3 is 0 Å². The summed E-state index contributed by atoms with van der Waals surface area (Å²) in [6, 6.07) is 9.09. The minimum absolute atomic E-state index is 0.227. The van der Waals surface area contributed by atoms with Crippen LogP contribution in [0.4, 0.5) is 0 Å². The monoisotopic (exact) mass is 258 g/mol. The summed E-state index contributed by atoms with van der Waals surface area (Å²) in [5.41, 5.74) is 0. The van der Waals surface area contributed by atoms with Gasteiger partial charge >= 0.3 is 0 Å². The van der Waals surface area contributed by atoms with Crippen molar-refractivity contribution in [1.29, 1.82) is 0 Å². The normalized spacial score (nSPS) is 12.7. The molecule has 3 nitrogen and oxygen atoms in total. The van der Waals surface area contributed by atoms with Crippen LogP contribution in [0, 0.1) is 0 Å². The van der Waals surface area contributed by atoms with E-state index in [0.717, 1.165) is 6.04 Å². The first kappa shape index (κ1) is 13.4. The summed E-state index contributed by atoms with van der Waals surface area (Å²) in [6.45, 7) is 6.84. The Morgan fingerprint density at radius 2 is 1.69 bits per heavy atom. The molecule has 0 aliphatic carbocycles. The molecular weight excluding hydrogens is 240 g/mol. The summed E-state index contributed by atoms with van der Waals surface area (Å²) < 4.78 is 28.4. The Bertz CT molecular complexity index is 420. The molecule has 90 valence electrons. The number of hydrogen-bond donors (Lipinski definition) is 0. The van der Waals surface area contributed by atoms with E-state index < -0.39 is 18.2 Å². The Kier molecular flexibility index (Phi) is 4.29. The van der Waals surface area contributed by atoms with Crippen LogP contribution in [0.5, 0.6) is 0 Å². The third-order valence-corrected chi connectivity index (χ3v) is 5.15. The third kappa shape index (κ3) is 4.47. The average molecular weight is 258 g/mol. The second-order valence-electron chi connectivity index (χ2n) is 4.90. The van der Waals surface area contributed by atoms with E-state index in [1.54, 1.807) is 30.3 Å². The highest BCUT2D eigenvalue weighted by Crippen LogP contribution is 2.14. The van der Waals surface area contributed by atoms with Crippen molar-refractivity contribution in [1.82, 2.24) is 0 Å². The molecule has 0 N–H and O–H groups in total. The molecule has 16 heavy (non-hydrogen) atoms. The van der Waals surface area contributed by atoms with Gasteiger partial charge in [0.25, 0.3) is 10.1 Å². The maximum absolute atomic E-state index is 11.7. The van der Waals surface area contributed by atoms with Gasteiger partial charge in [-0.15, -0.1) is 0 Å². The van der Waals surface area contributed by atoms with Crippen LogP contribution in [-0.4, -0.2) is 23.1 Å². The van der Waals surface area contributed by atoms with Crippen LogP contribution in [0.1, 0.15) is 0 Å². The zero-order chi connectivity index (χ0) is 12.2. The van der Waals surface area contributed by atoms with Gasteiger partial charge in [0.2, 0.25) is 0 Å². The van der Waals surface area contributed by atoms with E-state index in [1.807, 2.05) is 0 Å². The van der Waals surface area contributed by atoms with Gasteiger partial charge in [0.1, 0.15) is 0 Å². The second-order valence-corrected chi connectivity index (χ2v) is 12.1. The predicted octanol–water partition coefficient (Wildman–Crippen LogP) is 2.73. The van der Waals surface area contributed by atoms with Crippen LogP contribution in [0.2, 0.25) is 25.7 Å². The summed E-state index contributed by atoms with van der Waals surface area (Å²) in [5.74, 6) is 0. The van der Waals surface area contributed by atoms with Gasteiger partial charge in [-0.1, -0.05) is 37.8 Å². The summed E-state index contributed by atoms with van der Waals surface area (Å²) in [7, 11) is -4.81. The lowest BCUT2D eigenvalue weighted by Crippen LogP contribution is -2.22. The Labute approximate surface area is 98.6 Å². The molecule has 0 fully saturated rings. The van der Waals surface area contributed by atoms with Crippen molar-refractivity contribution in [3.8, 4) is 0 Å². The first-order valence-electron chi connectivity index (χ1n) is 5.26. The standard InChI is InChI=1S/C11H18O3SSi/c1-16(2,3)10-9-14-15(12,13)11-7-5-4-6-8-11/h4-8H,9-10H2,1-3H3. The molecule has 1 aromatic rings. The van der Waals surface area contributed by atoms with Gasteiger partial charge in [-0.25, -0.2) is 0 Å². The molecule has 0 unspecified atom stereocenters. The Hall–Kier alpha value is -0.653. The van der Waals surface area contributed by atoms with E-state index in [2.05, 4.69) is 19.6 Å². The van der Waals surface area contributed by atoms with Crippen molar-refractivity contribution in [3.63, 3.8) is 0 Å². The van der Waals surface area contributed by atoms with Gasteiger partial charge in [-0.2, -0.15) is 8.42 Å². The van der Waals surface area contributed by atoms with Crippen LogP contribution >= 0.6 is 0 Å². The van der Waals surface area contributed by atoms with Crippen LogP contribution in [0.3, 0.4) is 0 Å². The highest BCUT2D eigenvalue weighted by Gasteiger charge is 2.18. The lowest BCUT2D eigenvalue weighted by Gasteiger charge is -2.15. The van der Waals surface area contributed by atoms with Gasteiger partial charge in [-0.3, -0.25) is 4.18 Å². The van der Waals surface area contributed by atoms with Crippen LogP contribution in [-0.2, 0) is 14.3 Å². The molecule has 0 aromatic heterocycles. The van der Waals surface area contributed by atoms with Crippen molar-refractivity contribution in [3.05, 3.63) is 30.3 Å². The van der Waals surface area contributed by atoms with Crippen LogP contribution < -0.4 is 0 Å². The third-order valence-electron chi connectivity index (χ3n) is 2.12. The fourth-order valence-corrected chi connectivity index (χ4v) is 2.90. The fraction of sp³-hybridized carbons (Fsp3) is 0.455. The Morgan fingerprint density at radius 3 is 2.19 bits per heavy atom. The number of hydrogen-bond acceptors (Lipinski definition) is 3. The van der Waals surface area contributed by atoms with Crippen molar-refractivity contribution < 1.29 is 12.6 Å². The summed E-state index contributed by atoms with van der Waals surface area (Å²) in [5, 5.41) is 0. The van der Waals surface area contributed by atoms with E-state index in [0.29, 0.717) is 0 Å². The summed E-state index contributed by atoms with van der Waals surface area (Å²) >= 11 is 0. The molecule has 0 heterocycles. The lowest BCUT2D eigenvalue weighted by molar-refractivity contribution is 0.336. The zero-order valence-electron chi connectivity index (χ0n) is 9.93. The van der Waals surface area contributed by atoms with Crippen molar-refractivity contribution in [2.75, 3.05) is 6.61 Å². The molecule has 0 bridgehead atoms. The smallest absolute Gasteiger partial charge is 0.267 e. The molecular formula is C11H18O3SSi. The van der Waals surface area contributed by atoms with Crippen LogP contribution in [0.25, 0.3) is 0 Å². The minimum Gasteiger partial charge on any atom is -0.267 e. The fourth-order valence-electron chi connectivity index (χ4n) is 1.11. The largest absolute Gasteiger partial charge is 0.296 e. The highest BCUT2D eigenvalue weighted by molar-refractivity contribution is 7.86. The molecule has 1 rings (SSSR count). The van der Waals surface area contributed by atoms with E-state index in [4.69, 9.17) is 4.18 Å². The molecule has 0 saturated heterocycles. The first-order chi connectivity index (χ1) is 7.31. The molecule has 5 heteroatoms. The van der Waals surface area contributed by atoms with Crippen LogP contribution in [0.15, 0.2) is 35.2 Å². The molecule has 0 saturated carbocycles. The Morgan fingerprint density at radius 1 is 1.12 bits per heavy atom. The topological polar surface area (TPSA) is 43.4 Å². The van der Waals surface area contributed by atoms with Gasteiger partial charge in [0.15, 0.2) is 0 Å². The van der Waals surface area contributed by atoms with E-state index in [-0.39, 0.29) is 11.5 Å². The van der Waals surface area contributed by atoms with E-state index >= 15 is 0 Å². The zero-order valence-corrected chi connectivity index (χ0v) is 11.8.